The molecule has 0 radical (unpaired) electrons. The van der Waals surface area contributed by atoms with E-state index in [2.05, 4.69) is 4.90 Å². The van der Waals surface area contributed by atoms with Crippen LogP contribution in [-0.4, -0.2) is 68.9 Å². The fraction of sp³-hybridized carbons (Fsp3) is 0.389. The molecule has 1 saturated heterocycles. The van der Waals surface area contributed by atoms with E-state index >= 15 is 0 Å². The predicted molar refractivity (Wildman–Crippen MR) is 107 cm³/mol. The highest BCUT2D eigenvalue weighted by Gasteiger charge is 2.23. The molecule has 140 valence electrons. The molecular formula is C18H21ClN2O3S2. The van der Waals surface area contributed by atoms with Crippen LogP contribution in [0.1, 0.15) is 9.67 Å². The van der Waals surface area contributed by atoms with Crippen LogP contribution < -0.4 is 0 Å². The number of amides is 1. The van der Waals surface area contributed by atoms with E-state index in [0.717, 1.165) is 15.3 Å². The second-order valence-corrected chi connectivity index (χ2v) is 10.2. The summed E-state index contributed by atoms with van der Waals surface area (Å²) in [6.45, 7) is 3.18. The van der Waals surface area contributed by atoms with E-state index in [1.807, 2.05) is 41.3 Å². The fourth-order valence-corrected chi connectivity index (χ4v) is 4.54. The molecule has 0 bridgehead atoms. The first-order valence-electron chi connectivity index (χ1n) is 8.37. The van der Waals surface area contributed by atoms with Crippen LogP contribution in [0.4, 0.5) is 0 Å². The van der Waals surface area contributed by atoms with Gasteiger partial charge in [-0.15, -0.1) is 11.3 Å². The maximum atomic E-state index is 12.7. The van der Waals surface area contributed by atoms with Gasteiger partial charge < -0.3 is 4.90 Å². The number of hydrogen-bond donors (Lipinski definition) is 0. The van der Waals surface area contributed by atoms with Gasteiger partial charge in [-0.2, -0.15) is 0 Å². The number of hydrogen-bond acceptors (Lipinski definition) is 5. The smallest absolute Gasteiger partial charge is 0.264 e. The Kier molecular flexibility index (Phi) is 6.02. The summed E-state index contributed by atoms with van der Waals surface area (Å²) in [6.07, 6.45) is 1.25. The number of thiophene rings is 1. The number of carbonyl (C=O) groups is 1. The molecule has 8 heteroatoms. The Labute approximate surface area is 163 Å². The number of nitrogens with zero attached hydrogens (tertiary/aromatic N) is 2. The van der Waals surface area contributed by atoms with E-state index in [4.69, 9.17) is 11.6 Å². The lowest BCUT2D eigenvalue weighted by atomic mass is 10.2. The van der Waals surface area contributed by atoms with Gasteiger partial charge in [0.25, 0.3) is 5.91 Å². The molecular weight excluding hydrogens is 392 g/mol. The molecule has 0 saturated carbocycles. The van der Waals surface area contributed by atoms with Crippen molar-refractivity contribution in [1.29, 1.82) is 0 Å². The third-order valence-electron chi connectivity index (χ3n) is 4.38. The predicted octanol–water partition coefficient (Wildman–Crippen LogP) is 2.87. The van der Waals surface area contributed by atoms with Gasteiger partial charge in [-0.3, -0.25) is 9.69 Å². The second kappa shape index (κ2) is 8.08. The first-order chi connectivity index (χ1) is 12.3. The monoisotopic (exact) mass is 412 g/mol. The molecule has 2 heterocycles. The van der Waals surface area contributed by atoms with Crippen LogP contribution in [0.5, 0.6) is 0 Å². The molecule has 1 aliphatic rings. The number of piperazine rings is 1. The van der Waals surface area contributed by atoms with Crippen molar-refractivity contribution in [2.75, 3.05) is 44.7 Å². The molecule has 0 N–H and O–H groups in total. The van der Waals surface area contributed by atoms with Gasteiger partial charge in [0.1, 0.15) is 9.84 Å². The topological polar surface area (TPSA) is 57.7 Å². The van der Waals surface area contributed by atoms with Crippen molar-refractivity contribution in [3.63, 3.8) is 0 Å². The molecule has 5 nitrogen and oxygen atoms in total. The molecule has 26 heavy (non-hydrogen) atoms. The molecule has 0 atom stereocenters. The Morgan fingerprint density at radius 1 is 1.08 bits per heavy atom. The van der Waals surface area contributed by atoms with E-state index in [0.29, 0.717) is 37.7 Å². The van der Waals surface area contributed by atoms with Crippen LogP contribution in [0.2, 0.25) is 5.02 Å². The molecule has 2 aromatic rings. The minimum absolute atomic E-state index is 0.0398. The SMILES string of the molecule is CS(=O)(=O)CCN1CCN(C(=O)c2ccc(-c3ccc(Cl)cc3)s2)CC1. The van der Waals surface area contributed by atoms with Crippen LogP contribution in [0.25, 0.3) is 10.4 Å². The fourth-order valence-electron chi connectivity index (χ4n) is 2.85. The lowest BCUT2D eigenvalue weighted by molar-refractivity contribution is 0.0649. The summed E-state index contributed by atoms with van der Waals surface area (Å²) in [4.78, 5) is 18.4. The summed E-state index contributed by atoms with van der Waals surface area (Å²) in [7, 11) is -2.95. The molecule has 0 aliphatic carbocycles. The minimum Gasteiger partial charge on any atom is -0.335 e. The molecule has 1 amide bonds. The summed E-state index contributed by atoms with van der Waals surface area (Å²) in [5.74, 6) is 0.203. The van der Waals surface area contributed by atoms with Gasteiger partial charge in [-0.05, 0) is 29.8 Å². The van der Waals surface area contributed by atoms with Crippen LogP contribution in [0.3, 0.4) is 0 Å². The Hall–Kier alpha value is -1.41. The first kappa shape index (κ1) is 19.4. The average Bonchev–Trinajstić information content (AvgIpc) is 3.10. The summed E-state index contributed by atoms with van der Waals surface area (Å²) >= 11 is 7.40. The number of halogens is 1. The van der Waals surface area contributed by atoms with E-state index in [-0.39, 0.29) is 11.7 Å². The Morgan fingerprint density at radius 3 is 2.35 bits per heavy atom. The van der Waals surface area contributed by atoms with E-state index in [1.165, 1.54) is 17.6 Å². The third-order valence-corrected chi connectivity index (χ3v) is 6.68. The standard InChI is InChI=1S/C18H21ClN2O3S2/c1-26(23,24)13-12-20-8-10-21(11-9-20)18(22)17-7-6-16(25-17)14-2-4-15(19)5-3-14/h2-7H,8-13H2,1H3. The van der Waals surface area contributed by atoms with Crippen molar-refractivity contribution >= 4 is 38.7 Å². The molecule has 3 rings (SSSR count). The highest BCUT2D eigenvalue weighted by atomic mass is 35.5. The van der Waals surface area contributed by atoms with Crippen molar-refractivity contribution in [3.05, 3.63) is 46.3 Å². The van der Waals surface area contributed by atoms with Crippen molar-refractivity contribution in [2.24, 2.45) is 0 Å². The third kappa shape index (κ3) is 5.07. The van der Waals surface area contributed by atoms with E-state index in [1.54, 1.807) is 0 Å². The number of benzene rings is 1. The molecule has 1 aromatic carbocycles. The van der Waals surface area contributed by atoms with Crippen LogP contribution in [0.15, 0.2) is 36.4 Å². The van der Waals surface area contributed by atoms with Crippen LogP contribution in [-0.2, 0) is 9.84 Å². The van der Waals surface area contributed by atoms with Gasteiger partial charge >= 0.3 is 0 Å². The van der Waals surface area contributed by atoms with E-state index in [9.17, 15) is 13.2 Å². The highest BCUT2D eigenvalue weighted by Crippen LogP contribution is 2.29. The Morgan fingerprint density at radius 2 is 1.73 bits per heavy atom. The van der Waals surface area contributed by atoms with Gasteiger partial charge in [0.2, 0.25) is 0 Å². The maximum Gasteiger partial charge on any atom is 0.264 e. The number of sulfone groups is 1. The molecule has 0 unspecified atom stereocenters. The summed E-state index contributed by atoms with van der Waals surface area (Å²) in [6, 6.07) is 11.4. The number of carbonyl (C=O) groups excluding carboxylic acids is 1. The van der Waals surface area contributed by atoms with Crippen molar-refractivity contribution in [3.8, 4) is 10.4 Å². The summed E-state index contributed by atoms with van der Waals surface area (Å²) in [5.41, 5.74) is 1.05. The zero-order valence-corrected chi connectivity index (χ0v) is 16.9. The molecule has 0 spiro atoms. The van der Waals surface area contributed by atoms with Crippen LogP contribution in [0, 0.1) is 0 Å². The summed E-state index contributed by atoms with van der Waals surface area (Å²) in [5, 5.41) is 0.690. The lowest BCUT2D eigenvalue weighted by Crippen LogP contribution is -2.49. The normalized spacial score (nSPS) is 16.0. The van der Waals surface area contributed by atoms with Gasteiger partial charge in [0.15, 0.2) is 0 Å². The Balaban J connectivity index is 1.58. The quantitative estimate of drug-likeness (QED) is 0.757. The van der Waals surface area contributed by atoms with Gasteiger partial charge in [0, 0.05) is 48.9 Å². The van der Waals surface area contributed by atoms with E-state index < -0.39 is 9.84 Å². The zero-order chi connectivity index (χ0) is 18.7. The largest absolute Gasteiger partial charge is 0.335 e. The maximum absolute atomic E-state index is 12.7. The zero-order valence-electron chi connectivity index (χ0n) is 14.5. The van der Waals surface area contributed by atoms with Gasteiger partial charge in [0.05, 0.1) is 10.6 Å². The molecule has 1 fully saturated rings. The van der Waals surface area contributed by atoms with Crippen LogP contribution >= 0.6 is 22.9 Å². The van der Waals surface area contributed by atoms with Crippen molar-refractivity contribution < 1.29 is 13.2 Å². The number of rotatable bonds is 5. The molecule has 1 aliphatic heterocycles. The molecule has 1 aromatic heterocycles. The minimum atomic E-state index is -2.95. The first-order valence-corrected chi connectivity index (χ1v) is 11.6. The van der Waals surface area contributed by atoms with Crippen molar-refractivity contribution in [1.82, 2.24) is 9.80 Å². The average molecular weight is 413 g/mol. The van der Waals surface area contributed by atoms with Crippen molar-refractivity contribution in [2.45, 2.75) is 0 Å². The van der Waals surface area contributed by atoms with Gasteiger partial charge in [-0.25, -0.2) is 8.42 Å². The highest BCUT2D eigenvalue weighted by molar-refractivity contribution is 7.90. The summed E-state index contributed by atoms with van der Waals surface area (Å²) < 4.78 is 22.5. The van der Waals surface area contributed by atoms with Gasteiger partial charge in [-0.1, -0.05) is 23.7 Å². The lowest BCUT2D eigenvalue weighted by Gasteiger charge is -2.34. The Bertz CT molecular complexity index is 870. The second-order valence-electron chi connectivity index (χ2n) is 6.43.